The second kappa shape index (κ2) is 7.22. The van der Waals surface area contributed by atoms with E-state index in [2.05, 4.69) is 10.6 Å². The number of rotatable bonds is 5. The van der Waals surface area contributed by atoms with Crippen molar-refractivity contribution in [2.75, 3.05) is 26.2 Å². The van der Waals surface area contributed by atoms with Gasteiger partial charge in [0, 0.05) is 13.1 Å². The molecule has 2 N–H and O–H groups in total. The number of esters is 1. The molecule has 0 spiro atoms. The van der Waals surface area contributed by atoms with Crippen molar-refractivity contribution in [3.63, 3.8) is 0 Å². The molecule has 1 atom stereocenters. The predicted molar refractivity (Wildman–Crippen MR) is 59.9 cm³/mol. The van der Waals surface area contributed by atoms with Crippen LogP contribution in [0.15, 0.2) is 0 Å². The Hall–Kier alpha value is -1.10. The largest absolute Gasteiger partial charge is 0.466 e. The standard InChI is InChI=1S/C11H20N2O3/c1-2-16-10(14)5-7-13-11(15)9-4-3-6-12-8-9/h9,12H,2-8H2,1H3,(H,13,15)/t9-/m1/s1. The van der Waals surface area contributed by atoms with Crippen LogP contribution in [0.2, 0.25) is 0 Å². The number of amides is 1. The average Bonchev–Trinajstić information content (AvgIpc) is 2.30. The van der Waals surface area contributed by atoms with E-state index >= 15 is 0 Å². The van der Waals surface area contributed by atoms with Gasteiger partial charge in [0.05, 0.1) is 18.9 Å². The van der Waals surface area contributed by atoms with Crippen molar-refractivity contribution in [1.82, 2.24) is 10.6 Å². The fourth-order valence-corrected chi connectivity index (χ4v) is 1.74. The third-order valence-corrected chi connectivity index (χ3v) is 2.60. The minimum absolute atomic E-state index is 0.0384. The van der Waals surface area contributed by atoms with E-state index in [1.807, 2.05) is 0 Å². The third kappa shape index (κ3) is 4.61. The van der Waals surface area contributed by atoms with Gasteiger partial charge in [0.2, 0.25) is 5.91 Å². The van der Waals surface area contributed by atoms with Gasteiger partial charge in [-0.05, 0) is 26.3 Å². The molecule has 1 heterocycles. The van der Waals surface area contributed by atoms with Crippen LogP contribution in [-0.4, -0.2) is 38.1 Å². The van der Waals surface area contributed by atoms with Crippen molar-refractivity contribution in [1.29, 1.82) is 0 Å². The van der Waals surface area contributed by atoms with Gasteiger partial charge in [0.1, 0.15) is 0 Å². The molecule has 5 nitrogen and oxygen atoms in total. The van der Waals surface area contributed by atoms with E-state index < -0.39 is 0 Å². The van der Waals surface area contributed by atoms with Crippen molar-refractivity contribution >= 4 is 11.9 Å². The monoisotopic (exact) mass is 228 g/mol. The Morgan fingerprint density at radius 3 is 2.94 bits per heavy atom. The van der Waals surface area contributed by atoms with Crippen LogP contribution in [0.5, 0.6) is 0 Å². The maximum absolute atomic E-state index is 11.6. The number of nitrogens with one attached hydrogen (secondary N) is 2. The maximum atomic E-state index is 11.6. The van der Waals surface area contributed by atoms with Crippen molar-refractivity contribution in [2.24, 2.45) is 5.92 Å². The first kappa shape index (κ1) is 13.0. The molecule has 1 aliphatic heterocycles. The Balaban J connectivity index is 2.12. The van der Waals surface area contributed by atoms with Gasteiger partial charge in [0.25, 0.3) is 0 Å². The minimum Gasteiger partial charge on any atom is -0.466 e. The zero-order chi connectivity index (χ0) is 11.8. The Labute approximate surface area is 95.9 Å². The van der Waals surface area contributed by atoms with Crippen LogP contribution in [0.3, 0.4) is 0 Å². The van der Waals surface area contributed by atoms with Gasteiger partial charge in [-0.25, -0.2) is 0 Å². The first-order valence-corrected chi connectivity index (χ1v) is 5.88. The van der Waals surface area contributed by atoms with E-state index in [-0.39, 0.29) is 24.2 Å². The SMILES string of the molecule is CCOC(=O)CCNC(=O)[C@@H]1CCCNC1. The highest BCUT2D eigenvalue weighted by Crippen LogP contribution is 2.09. The molecule has 0 aromatic carbocycles. The molecule has 0 unspecified atom stereocenters. The molecule has 1 saturated heterocycles. The van der Waals surface area contributed by atoms with Crippen LogP contribution >= 0.6 is 0 Å². The summed E-state index contributed by atoms with van der Waals surface area (Å²) >= 11 is 0. The normalized spacial score (nSPS) is 20.2. The highest BCUT2D eigenvalue weighted by Gasteiger charge is 2.20. The zero-order valence-electron chi connectivity index (χ0n) is 9.75. The van der Waals surface area contributed by atoms with Crippen molar-refractivity contribution < 1.29 is 14.3 Å². The van der Waals surface area contributed by atoms with E-state index in [4.69, 9.17) is 4.74 Å². The molecule has 1 fully saturated rings. The molecule has 0 aromatic heterocycles. The lowest BCUT2D eigenvalue weighted by molar-refractivity contribution is -0.143. The van der Waals surface area contributed by atoms with Crippen LogP contribution in [0.1, 0.15) is 26.2 Å². The summed E-state index contributed by atoms with van der Waals surface area (Å²) in [6.45, 7) is 4.26. The van der Waals surface area contributed by atoms with Crippen molar-refractivity contribution in [3.8, 4) is 0 Å². The number of carbonyl (C=O) groups excluding carboxylic acids is 2. The van der Waals surface area contributed by atoms with E-state index in [1.54, 1.807) is 6.92 Å². The molecule has 1 amide bonds. The molecule has 0 bridgehead atoms. The van der Waals surface area contributed by atoms with Gasteiger partial charge < -0.3 is 15.4 Å². The number of hydrogen-bond acceptors (Lipinski definition) is 4. The minimum atomic E-state index is -0.260. The molecule has 5 heteroatoms. The van der Waals surface area contributed by atoms with Crippen LogP contribution in [0.25, 0.3) is 0 Å². The third-order valence-electron chi connectivity index (χ3n) is 2.60. The van der Waals surface area contributed by atoms with Gasteiger partial charge in [-0.2, -0.15) is 0 Å². The topological polar surface area (TPSA) is 67.4 Å². The van der Waals surface area contributed by atoms with E-state index in [0.29, 0.717) is 13.2 Å². The lowest BCUT2D eigenvalue weighted by atomic mass is 9.99. The molecule has 0 aliphatic carbocycles. The number of piperidine rings is 1. The molecule has 1 aliphatic rings. The molecule has 0 radical (unpaired) electrons. The fraction of sp³-hybridized carbons (Fsp3) is 0.818. The molecule has 1 rings (SSSR count). The van der Waals surface area contributed by atoms with Crippen LogP contribution < -0.4 is 10.6 Å². The Morgan fingerprint density at radius 2 is 2.31 bits per heavy atom. The van der Waals surface area contributed by atoms with Gasteiger partial charge in [-0.1, -0.05) is 0 Å². The summed E-state index contributed by atoms with van der Waals surface area (Å²) in [6, 6.07) is 0. The first-order valence-electron chi connectivity index (χ1n) is 5.88. The van der Waals surface area contributed by atoms with Crippen molar-refractivity contribution in [2.45, 2.75) is 26.2 Å². The molecular formula is C11H20N2O3. The molecule has 16 heavy (non-hydrogen) atoms. The van der Waals surface area contributed by atoms with Gasteiger partial charge in [-0.3, -0.25) is 9.59 Å². The fourth-order valence-electron chi connectivity index (χ4n) is 1.74. The summed E-state index contributed by atoms with van der Waals surface area (Å²) in [5, 5.41) is 5.94. The summed E-state index contributed by atoms with van der Waals surface area (Å²) in [4.78, 5) is 22.6. The van der Waals surface area contributed by atoms with E-state index in [9.17, 15) is 9.59 Å². The maximum Gasteiger partial charge on any atom is 0.307 e. The van der Waals surface area contributed by atoms with Gasteiger partial charge in [-0.15, -0.1) is 0 Å². The predicted octanol–water partition coefficient (Wildman–Crippen LogP) is 0.0554. The summed E-state index contributed by atoms with van der Waals surface area (Å²) in [7, 11) is 0. The Morgan fingerprint density at radius 1 is 1.50 bits per heavy atom. The molecular weight excluding hydrogens is 208 g/mol. The smallest absolute Gasteiger partial charge is 0.307 e. The lowest BCUT2D eigenvalue weighted by Gasteiger charge is -2.21. The summed E-state index contributed by atoms with van der Waals surface area (Å²) in [5.74, 6) is -0.169. The highest BCUT2D eigenvalue weighted by molar-refractivity contribution is 5.79. The Bertz CT molecular complexity index is 237. The average molecular weight is 228 g/mol. The van der Waals surface area contributed by atoms with Crippen LogP contribution in [0, 0.1) is 5.92 Å². The quantitative estimate of drug-likeness (QED) is 0.653. The van der Waals surface area contributed by atoms with E-state index in [1.165, 1.54) is 0 Å². The summed E-state index contributed by atoms with van der Waals surface area (Å²) in [6.07, 6.45) is 2.22. The molecule has 0 aromatic rings. The molecule has 92 valence electrons. The second-order valence-corrected chi connectivity index (χ2v) is 3.89. The summed E-state index contributed by atoms with van der Waals surface area (Å²) < 4.78 is 4.77. The number of hydrogen-bond donors (Lipinski definition) is 2. The van der Waals surface area contributed by atoms with Gasteiger partial charge >= 0.3 is 5.97 Å². The van der Waals surface area contributed by atoms with E-state index in [0.717, 1.165) is 25.9 Å². The number of carbonyl (C=O) groups is 2. The zero-order valence-corrected chi connectivity index (χ0v) is 9.75. The van der Waals surface area contributed by atoms with Crippen LogP contribution in [-0.2, 0) is 14.3 Å². The highest BCUT2D eigenvalue weighted by atomic mass is 16.5. The lowest BCUT2D eigenvalue weighted by Crippen LogP contribution is -2.41. The first-order chi connectivity index (χ1) is 7.74. The van der Waals surface area contributed by atoms with Crippen LogP contribution in [0.4, 0.5) is 0 Å². The molecule has 0 saturated carbocycles. The van der Waals surface area contributed by atoms with Gasteiger partial charge in [0.15, 0.2) is 0 Å². The Kier molecular flexibility index (Phi) is 5.85. The summed E-state index contributed by atoms with van der Waals surface area (Å²) in [5.41, 5.74) is 0. The number of ether oxygens (including phenoxy) is 1. The van der Waals surface area contributed by atoms with Crippen molar-refractivity contribution in [3.05, 3.63) is 0 Å². The second-order valence-electron chi connectivity index (χ2n) is 3.89.